The fraction of sp³-hybridized carbons (Fsp3) is 0.200. The molecule has 0 aliphatic heterocycles. The average Bonchev–Trinajstić information content (AvgIpc) is 3.15. The molecule has 5 nitrogen and oxygen atoms in total. The van der Waals surface area contributed by atoms with Gasteiger partial charge in [0.25, 0.3) is 5.91 Å². The van der Waals surface area contributed by atoms with Crippen LogP contribution in [0.4, 0.5) is 13.2 Å². The number of benzene rings is 2. The Morgan fingerprint density at radius 2 is 1.79 bits per heavy atom. The highest BCUT2D eigenvalue weighted by molar-refractivity contribution is 6.30. The molecule has 1 amide bonds. The summed E-state index contributed by atoms with van der Waals surface area (Å²) >= 11 is 5.79. The molecule has 0 atom stereocenters. The Hall–Kier alpha value is -3.00. The number of alkyl halides is 3. The van der Waals surface area contributed by atoms with Crippen LogP contribution in [0.3, 0.4) is 0 Å². The van der Waals surface area contributed by atoms with Crippen LogP contribution in [0.1, 0.15) is 21.6 Å². The van der Waals surface area contributed by atoms with Crippen molar-refractivity contribution in [3.05, 3.63) is 76.6 Å². The average molecular weight is 424 g/mol. The molecule has 0 saturated heterocycles. The molecule has 1 aromatic heterocycles. The quantitative estimate of drug-likeness (QED) is 0.634. The van der Waals surface area contributed by atoms with Gasteiger partial charge in [-0.15, -0.1) is 0 Å². The van der Waals surface area contributed by atoms with Gasteiger partial charge in [0.05, 0.1) is 24.6 Å². The molecule has 0 saturated carbocycles. The van der Waals surface area contributed by atoms with Gasteiger partial charge < -0.3 is 10.1 Å². The van der Waals surface area contributed by atoms with Gasteiger partial charge in [0.15, 0.2) is 5.69 Å². The van der Waals surface area contributed by atoms with Gasteiger partial charge in [-0.05, 0) is 48.4 Å². The SMILES string of the molecule is COc1ccc(CCNC(=O)c2cnn(-c3ccc(Cl)cc3)c2C(F)(F)F)cc1. The molecular formula is C20H17ClF3N3O2. The molecule has 0 radical (unpaired) electrons. The molecule has 2 aromatic carbocycles. The Kier molecular flexibility index (Phi) is 6.12. The van der Waals surface area contributed by atoms with Crippen LogP contribution in [0, 0.1) is 0 Å². The van der Waals surface area contributed by atoms with Crippen LogP contribution in [0.25, 0.3) is 5.69 Å². The van der Waals surface area contributed by atoms with Gasteiger partial charge in [0.1, 0.15) is 5.75 Å². The Balaban J connectivity index is 1.76. The van der Waals surface area contributed by atoms with Crippen molar-refractivity contribution in [3.63, 3.8) is 0 Å². The Bertz CT molecular complexity index is 984. The highest BCUT2D eigenvalue weighted by Crippen LogP contribution is 2.33. The molecule has 9 heteroatoms. The summed E-state index contributed by atoms with van der Waals surface area (Å²) < 4.78 is 46.7. The first kappa shape index (κ1) is 20.7. The number of amides is 1. The minimum absolute atomic E-state index is 0.152. The van der Waals surface area contributed by atoms with Gasteiger partial charge in [0.2, 0.25) is 0 Å². The number of hydrogen-bond donors (Lipinski definition) is 1. The summed E-state index contributed by atoms with van der Waals surface area (Å²) in [5.74, 6) is -0.145. The number of carbonyl (C=O) groups is 1. The largest absolute Gasteiger partial charge is 0.497 e. The number of hydrogen-bond acceptors (Lipinski definition) is 3. The summed E-state index contributed by atoms with van der Waals surface area (Å²) in [7, 11) is 1.55. The maximum Gasteiger partial charge on any atom is 0.434 e. The maximum atomic E-state index is 13.6. The Morgan fingerprint density at radius 3 is 2.38 bits per heavy atom. The monoisotopic (exact) mass is 423 g/mol. The van der Waals surface area contributed by atoms with Gasteiger partial charge >= 0.3 is 6.18 Å². The van der Waals surface area contributed by atoms with Crippen LogP contribution in [-0.4, -0.2) is 29.3 Å². The highest BCUT2D eigenvalue weighted by Gasteiger charge is 2.40. The summed E-state index contributed by atoms with van der Waals surface area (Å²) in [5.41, 5.74) is -0.609. The van der Waals surface area contributed by atoms with Gasteiger partial charge in [0, 0.05) is 11.6 Å². The molecule has 1 N–H and O–H groups in total. The molecular weight excluding hydrogens is 407 g/mol. The van der Waals surface area contributed by atoms with Gasteiger partial charge in [-0.25, -0.2) is 4.68 Å². The molecule has 3 rings (SSSR count). The van der Waals surface area contributed by atoms with E-state index in [9.17, 15) is 18.0 Å². The molecule has 0 spiro atoms. The second kappa shape index (κ2) is 8.57. The van der Waals surface area contributed by atoms with Crippen molar-refractivity contribution in [3.8, 4) is 11.4 Å². The lowest BCUT2D eigenvalue weighted by molar-refractivity contribution is -0.143. The normalized spacial score (nSPS) is 11.3. The first-order valence-electron chi connectivity index (χ1n) is 8.62. The molecule has 0 fully saturated rings. The summed E-state index contributed by atoms with van der Waals surface area (Å²) in [6.45, 7) is 0.175. The lowest BCUT2D eigenvalue weighted by Gasteiger charge is -2.13. The van der Waals surface area contributed by atoms with Crippen molar-refractivity contribution in [1.82, 2.24) is 15.1 Å². The predicted octanol–water partition coefficient (Wildman–Crippen LogP) is 4.53. The third-order valence-corrected chi connectivity index (χ3v) is 4.46. The number of rotatable bonds is 6. The van der Waals surface area contributed by atoms with Gasteiger partial charge in [-0.1, -0.05) is 23.7 Å². The third-order valence-electron chi connectivity index (χ3n) is 4.21. The molecule has 0 unspecified atom stereocenters. The van der Waals surface area contributed by atoms with Crippen molar-refractivity contribution < 1.29 is 22.7 Å². The minimum atomic E-state index is -4.77. The van der Waals surface area contributed by atoms with Crippen molar-refractivity contribution >= 4 is 17.5 Å². The van der Waals surface area contributed by atoms with Crippen LogP contribution in [0.15, 0.2) is 54.7 Å². The molecule has 0 aliphatic carbocycles. The van der Waals surface area contributed by atoms with E-state index in [1.54, 1.807) is 19.2 Å². The number of methoxy groups -OCH3 is 1. The van der Waals surface area contributed by atoms with E-state index >= 15 is 0 Å². The second-order valence-corrected chi connectivity index (χ2v) is 6.58. The highest BCUT2D eigenvalue weighted by atomic mass is 35.5. The first-order valence-corrected chi connectivity index (χ1v) is 8.99. The van der Waals surface area contributed by atoms with Crippen LogP contribution >= 0.6 is 11.6 Å². The van der Waals surface area contributed by atoms with Crippen molar-refractivity contribution in [2.24, 2.45) is 0 Å². The summed E-state index contributed by atoms with van der Waals surface area (Å²) in [5, 5.41) is 6.67. The van der Waals surface area contributed by atoms with E-state index in [1.807, 2.05) is 12.1 Å². The molecule has 29 heavy (non-hydrogen) atoms. The van der Waals surface area contributed by atoms with Crippen molar-refractivity contribution in [2.75, 3.05) is 13.7 Å². The number of nitrogens with one attached hydrogen (secondary N) is 1. The molecule has 3 aromatic rings. The third kappa shape index (κ3) is 4.89. The van der Waals surface area contributed by atoms with Crippen LogP contribution in [-0.2, 0) is 12.6 Å². The maximum absolute atomic E-state index is 13.6. The number of ether oxygens (including phenoxy) is 1. The lowest BCUT2D eigenvalue weighted by atomic mass is 10.1. The molecule has 152 valence electrons. The Labute approximate surface area is 170 Å². The van der Waals surface area contributed by atoms with E-state index in [1.165, 1.54) is 24.3 Å². The number of aromatic nitrogens is 2. The van der Waals surface area contributed by atoms with E-state index in [-0.39, 0.29) is 12.2 Å². The topological polar surface area (TPSA) is 56.1 Å². The van der Waals surface area contributed by atoms with E-state index in [0.717, 1.165) is 11.8 Å². The minimum Gasteiger partial charge on any atom is -0.497 e. The number of halogens is 4. The summed E-state index contributed by atoms with van der Waals surface area (Å²) in [4.78, 5) is 12.4. The van der Waals surface area contributed by atoms with Gasteiger partial charge in [-0.2, -0.15) is 18.3 Å². The van der Waals surface area contributed by atoms with Crippen molar-refractivity contribution in [1.29, 1.82) is 0 Å². The standard InChI is InChI=1S/C20H17ClF3N3O2/c1-29-16-8-2-13(3-9-16)10-11-25-19(28)17-12-26-27(18(17)20(22,23)24)15-6-4-14(21)5-7-15/h2-9,12H,10-11H2,1H3,(H,25,28). The van der Waals surface area contributed by atoms with Crippen LogP contribution in [0.5, 0.6) is 5.75 Å². The Morgan fingerprint density at radius 1 is 1.14 bits per heavy atom. The summed E-state index contributed by atoms with van der Waals surface area (Å²) in [6, 6.07) is 12.9. The van der Waals surface area contributed by atoms with E-state index in [0.29, 0.717) is 21.9 Å². The number of nitrogens with zero attached hydrogens (tertiary/aromatic N) is 2. The number of carbonyl (C=O) groups excluding carboxylic acids is 1. The van der Waals surface area contributed by atoms with E-state index in [2.05, 4.69) is 10.4 Å². The molecule has 0 aliphatic rings. The van der Waals surface area contributed by atoms with E-state index in [4.69, 9.17) is 16.3 Å². The summed E-state index contributed by atoms with van der Waals surface area (Å²) in [6.07, 6.45) is -3.39. The second-order valence-electron chi connectivity index (χ2n) is 6.15. The van der Waals surface area contributed by atoms with Crippen molar-refractivity contribution in [2.45, 2.75) is 12.6 Å². The molecule has 1 heterocycles. The van der Waals surface area contributed by atoms with Gasteiger partial charge in [-0.3, -0.25) is 4.79 Å². The fourth-order valence-electron chi connectivity index (χ4n) is 2.77. The zero-order chi connectivity index (χ0) is 21.0. The predicted molar refractivity (Wildman–Crippen MR) is 103 cm³/mol. The zero-order valence-corrected chi connectivity index (χ0v) is 16.1. The van der Waals surface area contributed by atoms with E-state index < -0.39 is 23.3 Å². The smallest absolute Gasteiger partial charge is 0.434 e. The van der Waals surface area contributed by atoms with Crippen LogP contribution < -0.4 is 10.1 Å². The van der Waals surface area contributed by atoms with Crippen LogP contribution in [0.2, 0.25) is 5.02 Å². The fourth-order valence-corrected chi connectivity index (χ4v) is 2.90. The molecule has 0 bridgehead atoms. The zero-order valence-electron chi connectivity index (χ0n) is 15.3. The lowest BCUT2D eigenvalue weighted by Crippen LogP contribution is -2.28. The first-order chi connectivity index (χ1) is 13.8.